The molecule has 2 aromatic rings. The first kappa shape index (κ1) is 21.1. The number of benzene rings is 1. The highest BCUT2D eigenvalue weighted by Gasteiger charge is 2.29. The van der Waals surface area contributed by atoms with E-state index in [-0.39, 0.29) is 17.2 Å². The second kappa shape index (κ2) is 8.39. The van der Waals surface area contributed by atoms with E-state index in [1.54, 1.807) is 4.90 Å². The molecule has 0 saturated heterocycles. The first-order chi connectivity index (χ1) is 13.8. The predicted octanol–water partition coefficient (Wildman–Crippen LogP) is 4.25. The van der Waals surface area contributed by atoms with Gasteiger partial charge < -0.3 is 14.8 Å². The smallest absolute Gasteiger partial charge is 0.291 e. The number of carbonyl (C=O) groups excluding carboxylic acids is 2. The molecule has 0 saturated carbocycles. The van der Waals surface area contributed by atoms with Gasteiger partial charge in [-0.25, -0.2) is 4.98 Å². The van der Waals surface area contributed by atoms with Gasteiger partial charge in [-0.3, -0.25) is 9.59 Å². The highest BCUT2D eigenvalue weighted by atomic mass is 16.2. The Morgan fingerprint density at radius 1 is 1.14 bits per heavy atom. The molecule has 1 aromatic heterocycles. The van der Waals surface area contributed by atoms with Gasteiger partial charge in [0.15, 0.2) is 5.82 Å². The zero-order valence-corrected chi connectivity index (χ0v) is 18.2. The van der Waals surface area contributed by atoms with E-state index in [0.29, 0.717) is 24.6 Å². The molecule has 29 heavy (non-hydrogen) atoms. The molecule has 0 unspecified atom stereocenters. The van der Waals surface area contributed by atoms with E-state index in [4.69, 9.17) is 0 Å². The van der Waals surface area contributed by atoms with Gasteiger partial charge in [-0.15, -0.1) is 0 Å². The molecule has 1 N–H and O–H groups in total. The maximum atomic E-state index is 13.2. The summed E-state index contributed by atoms with van der Waals surface area (Å²) in [6, 6.07) is 7.85. The Bertz CT molecular complexity index is 904. The van der Waals surface area contributed by atoms with Crippen molar-refractivity contribution < 1.29 is 9.59 Å². The fourth-order valence-corrected chi connectivity index (χ4v) is 3.97. The third kappa shape index (κ3) is 4.21. The molecule has 2 amide bonds. The van der Waals surface area contributed by atoms with Crippen LogP contribution in [0.25, 0.3) is 0 Å². The number of amides is 2. The number of para-hydroxylation sites is 1. The third-order valence-corrected chi connectivity index (χ3v) is 5.56. The van der Waals surface area contributed by atoms with Gasteiger partial charge in [-0.2, -0.15) is 0 Å². The average molecular weight is 397 g/mol. The van der Waals surface area contributed by atoms with Gasteiger partial charge in [-0.1, -0.05) is 39.0 Å². The zero-order valence-electron chi connectivity index (χ0n) is 18.2. The molecule has 1 aromatic carbocycles. The Labute approximate surface area is 173 Å². The van der Waals surface area contributed by atoms with Crippen molar-refractivity contribution in [2.75, 3.05) is 18.4 Å². The van der Waals surface area contributed by atoms with Gasteiger partial charge in [0.1, 0.15) is 5.69 Å². The van der Waals surface area contributed by atoms with Crippen LogP contribution in [0.15, 0.2) is 24.3 Å². The second-order valence-corrected chi connectivity index (χ2v) is 8.57. The van der Waals surface area contributed by atoms with Crippen LogP contribution in [0.4, 0.5) is 5.69 Å². The van der Waals surface area contributed by atoms with Gasteiger partial charge in [-0.05, 0) is 50.2 Å². The predicted molar refractivity (Wildman–Crippen MR) is 116 cm³/mol. The molecule has 1 aliphatic rings. The van der Waals surface area contributed by atoms with Crippen molar-refractivity contribution >= 4 is 17.5 Å². The average Bonchev–Trinajstić information content (AvgIpc) is 3.08. The molecule has 0 fully saturated rings. The van der Waals surface area contributed by atoms with Crippen LogP contribution in [-0.4, -0.2) is 39.4 Å². The van der Waals surface area contributed by atoms with Crippen molar-refractivity contribution in [1.82, 2.24) is 14.5 Å². The Kier molecular flexibility index (Phi) is 6.10. The second-order valence-electron chi connectivity index (χ2n) is 8.57. The first-order valence-electron chi connectivity index (χ1n) is 10.6. The fraction of sp³-hybridized carbons (Fsp3) is 0.522. The topological polar surface area (TPSA) is 67.2 Å². The highest BCUT2D eigenvalue weighted by molar-refractivity contribution is 6.04. The largest absolute Gasteiger partial charge is 0.338 e. The van der Waals surface area contributed by atoms with Crippen LogP contribution in [0.5, 0.6) is 0 Å². The first-order valence-corrected chi connectivity index (χ1v) is 10.6. The third-order valence-electron chi connectivity index (χ3n) is 5.56. The van der Waals surface area contributed by atoms with Gasteiger partial charge in [0.05, 0.1) is 5.69 Å². The van der Waals surface area contributed by atoms with Crippen LogP contribution in [0, 0.1) is 0 Å². The molecule has 6 heteroatoms. The standard InChI is InChI=1S/C23H32N4O2/c1-6-26(7-2)22(29)19-18-14-10-11-15-27(18)20(25-19)21(28)24-17-13-9-8-12-16(17)23(3,4)5/h8-9,12-13H,6-7,10-11,14-15H2,1-5H3,(H,24,28). The number of carbonyl (C=O) groups is 2. The number of anilines is 1. The van der Waals surface area contributed by atoms with Crippen molar-refractivity contribution in [1.29, 1.82) is 0 Å². The summed E-state index contributed by atoms with van der Waals surface area (Å²) < 4.78 is 1.94. The summed E-state index contributed by atoms with van der Waals surface area (Å²) >= 11 is 0. The summed E-state index contributed by atoms with van der Waals surface area (Å²) in [5, 5.41) is 3.05. The van der Waals surface area contributed by atoms with E-state index >= 15 is 0 Å². The van der Waals surface area contributed by atoms with Crippen LogP contribution in [0.2, 0.25) is 0 Å². The van der Waals surface area contributed by atoms with Gasteiger partial charge in [0.2, 0.25) is 0 Å². The van der Waals surface area contributed by atoms with E-state index in [9.17, 15) is 9.59 Å². The number of imidazole rings is 1. The molecule has 0 radical (unpaired) electrons. The summed E-state index contributed by atoms with van der Waals surface area (Å²) in [4.78, 5) is 32.5. The Morgan fingerprint density at radius 3 is 2.48 bits per heavy atom. The van der Waals surface area contributed by atoms with Crippen LogP contribution in [0.3, 0.4) is 0 Å². The number of nitrogens with one attached hydrogen (secondary N) is 1. The molecule has 1 aliphatic heterocycles. The maximum Gasteiger partial charge on any atom is 0.291 e. The van der Waals surface area contributed by atoms with Gasteiger partial charge in [0, 0.05) is 25.3 Å². The number of hydrogen-bond donors (Lipinski definition) is 1. The normalized spacial score (nSPS) is 13.7. The minimum absolute atomic E-state index is 0.0882. The molecular formula is C23H32N4O2. The van der Waals surface area contributed by atoms with Gasteiger partial charge in [0.25, 0.3) is 11.8 Å². The molecule has 156 valence electrons. The quantitative estimate of drug-likeness (QED) is 0.821. The van der Waals surface area contributed by atoms with Crippen molar-refractivity contribution in [3.8, 4) is 0 Å². The lowest BCUT2D eigenvalue weighted by atomic mass is 9.86. The lowest BCUT2D eigenvalue weighted by molar-refractivity contribution is 0.0766. The van der Waals surface area contributed by atoms with Crippen molar-refractivity contribution in [3.05, 3.63) is 47.0 Å². The zero-order chi connectivity index (χ0) is 21.2. The van der Waals surface area contributed by atoms with Crippen LogP contribution < -0.4 is 5.32 Å². The number of hydrogen-bond acceptors (Lipinski definition) is 3. The summed E-state index contributed by atoms with van der Waals surface area (Å²) in [5.41, 5.74) is 3.08. The van der Waals surface area contributed by atoms with E-state index in [1.807, 2.05) is 42.7 Å². The molecule has 2 heterocycles. The van der Waals surface area contributed by atoms with E-state index in [1.165, 1.54) is 0 Å². The van der Waals surface area contributed by atoms with E-state index < -0.39 is 0 Å². The Hall–Kier alpha value is -2.63. The monoisotopic (exact) mass is 396 g/mol. The highest BCUT2D eigenvalue weighted by Crippen LogP contribution is 2.30. The van der Waals surface area contributed by atoms with Crippen molar-refractivity contribution in [3.63, 3.8) is 0 Å². The molecule has 6 nitrogen and oxygen atoms in total. The summed E-state index contributed by atoms with van der Waals surface area (Å²) in [6.07, 6.45) is 2.78. The minimum Gasteiger partial charge on any atom is -0.338 e. The van der Waals surface area contributed by atoms with Crippen molar-refractivity contribution in [2.24, 2.45) is 0 Å². The van der Waals surface area contributed by atoms with Crippen LogP contribution >= 0.6 is 0 Å². The Balaban J connectivity index is 1.98. The number of nitrogens with zero attached hydrogens (tertiary/aromatic N) is 3. The molecular weight excluding hydrogens is 364 g/mol. The maximum absolute atomic E-state index is 13.2. The van der Waals surface area contributed by atoms with E-state index in [0.717, 1.165) is 42.8 Å². The lowest BCUT2D eigenvalue weighted by Gasteiger charge is -2.23. The minimum atomic E-state index is -0.261. The SMILES string of the molecule is CCN(CC)C(=O)c1nc(C(=O)Nc2ccccc2C(C)(C)C)n2c1CCCC2. The van der Waals surface area contributed by atoms with Crippen molar-refractivity contribution in [2.45, 2.75) is 65.8 Å². The molecule has 0 spiro atoms. The molecule has 0 aliphatic carbocycles. The lowest BCUT2D eigenvalue weighted by Crippen LogP contribution is -2.31. The molecule has 0 bridgehead atoms. The summed E-state index contributed by atoms with van der Waals surface area (Å²) in [7, 11) is 0. The van der Waals surface area contributed by atoms with Crippen LogP contribution in [0.1, 0.15) is 79.8 Å². The molecule has 3 rings (SSSR count). The van der Waals surface area contributed by atoms with Gasteiger partial charge >= 0.3 is 0 Å². The summed E-state index contributed by atoms with van der Waals surface area (Å²) in [6.45, 7) is 12.3. The number of fused-ring (bicyclic) bond motifs is 1. The van der Waals surface area contributed by atoms with E-state index in [2.05, 4.69) is 31.1 Å². The summed E-state index contributed by atoms with van der Waals surface area (Å²) in [5.74, 6) is -0.0165. The fourth-order valence-electron chi connectivity index (χ4n) is 3.97. The number of aromatic nitrogens is 2. The molecule has 0 atom stereocenters. The Morgan fingerprint density at radius 2 is 1.83 bits per heavy atom. The van der Waals surface area contributed by atoms with Crippen LogP contribution in [-0.2, 0) is 18.4 Å². The number of rotatable bonds is 5.